The average molecular weight is 249 g/mol. The van der Waals surface area contributed by atoms with E-state index in [1.165, 1.54) is 32.1 Å². The van der Waals surface area contributed by atoms with E-state index in [0.717, 1.165) is 12.4 Å². The number of carboxylic acid groups (broad SMARTS) is 1. The van der Waals surface area contributed by atoms with Crippen LogP contribution in [0.2, 0.25) is 0 Å². The molecular formula is C13H19N3O2. The third kappa shape index (κ3) is 3.20. The van der Waals surface area contributed by atoms with Gasteiger partial charge in [0.15, 0.2) is 0 Å². The van der Waals surface area contributed by atoms with Gasteiger partial charge in [-0.15, -0.1) is 0 Å². The van der Waals surface area contributed by atoms with E-state index in [1.807, 2.05) is 0 Å². The summed E-state index contributed by atoms with van der Waals surface area (Å²) in [7, 11) is 0. The second-order valence-corrected chi connectivity index (χ2v) is 4.71. The summed E-state index contributed by atoms with van der Waals surface area (Å²) >= 11 is 0. The van der Waals surface area contributed by atoms with E-state index in [1.54, 1.807) is 12.1 Å². The Kier molecular flexibility index (Phi) is 4.15. The molecule has 2 heterocycles. The molecule has 1 saturated heterocycles. The minimum atomic E-state index is -0.945. The normalized spacial score (nSPS) is 17.6. The number of rotatable bonds is 5. The van der Waals surface area contributed by atoms with Crippen molar-refractivity contribution in [2.24, 2.45) is 0 Å². The molecule has 2 rings (SSSR count). The van der Waals surface area contributed by atoms with Crippen LogP contribution in [0, 0.1) is 0 Å². The summed E-state index contributed by atoms with van der Waals surface area (Å²) in [5.41, 5.74) is 0.216. The van der Waals surface area contributed by atoms with Crippen molar-refractivity contribution >= 4 is 11.8 Å². The Morgan fingerprint density at radius 1 is 1.50 bits per heavy atom. The number of aromatic nitrogens is 1. The lowest BCUT2D eigenvalue weighted by Crippen LogP contribution is -2.35. The molecule has 0 aromatic carbocycles. The SMILES string of the molecule is CC(CNc1ccc(C(=O)O)cn1)N1CCCC1. The molecular weight excluding hydrogens is 230 g/mol. The standard InChI is InChI=1S/C13H19N3O2/c1-10(16-6-2-3-7-16)8-14-12-5-4-11(9-15-12)13(17)18/h4-5,9-10H,2-3,6-8H2,1H3,(H,14,15)(H,17,18). The van der Waals surface area contributed by atoms with Crippen molar-refractivity contribution in [1.82, 2.24) is 9.88 Å². The van der Waals surface area contributed by atoms with Gasteiger partial charge in [0.2, 0.25) is 0 Å². The molecule has 1 unspecified atom stereocenters. The van der Waals surface area contributed by atoms with E-state index in [0.29, 0.717) is 6.04 Å². The number of aromatic carboxylic acids is 1. The molecule has 1 aromatic heterocycles. The Bertz CT molecular complexity index is 399. The van der Waals surface area contributed by atoms with Crippen LogP contribution in [-0.2, 0) is 0 Å². The van der Waals surface area contributed by atoms with Gasteiger partial charge in [-0.1, -0.05) is 0 Å². The first-order valence-corrected chi connectivity index (χ1v) is 6.34. The van der Waals surface area contributed by atoms with E-state index >= 15 is 0 Å². The minimum absolute atomic E-state index is 0.216. The zero-order valence-electron chi connectivity index (χ0n) is 10.6. The summed E-state index contributed by atoms with van der Waals surface area (Å²) < 4.78 is 0. The summed E-state index contributed by atoms with van der Waals surface area (Å²) in [6, 6.07) is 3.76. The minimum Gasteiger partial charge on any atom is -0.478 e. The van der Waals surface area contributed by atoms with Gasteiger partial charge in [-0.3, -0.25) is 4.90 Å². The molecule has 1 fully saturated rings. The molecule has 0 aliphatic carbocycles. The summed E-state index contributed by atoms with van der Waals surface area (Å²) in [4.78, 5) is 17.2. The number of nitrogens with one attached hydrogen (secondary N) is 1. The second-order valence-electron chi connectivity index (χ2n) is 4.71. The lowest BCUT2D eigenvalue weighted by molar-refractivity contribution is 0.0696. The maximum atomic E-state index is 10.7. The van der Waals surface area contributed by atoms with Crippen LogP contribution >= 0.6 is 0 Å². The van der Waals surface area contributed by atoms with Crippen molar-refractivity contribution < 1.29 is 9.90 Å². The zero-order chi connectivity index (χ0) is 13.0. The molecule has 1 aliphatic heterocycles. The van der Waals surface area contributed by atoms with Crippen LogP contribution in [0.4, 0.5) is 5.82 Å². The van der Waals surface area contributed by atoms with Crippen LogP contribution < -0.4 is 5.32 Å². The van der Waals surface area contributed by atoms with Crippen molar-refractivity contribution in [3.05, 3.63) is 23.9 Å². The van der Waals surface area contributed by atoms with Crippen LogP contribution in [0.5, 0.6) is 0 Å². The Labute approximate surface area is 107 Å². The molecule has 0 amide bonds. The number of anilines is 1. The molecule has 98 valence electrons. The predicted molar refractivity (Wildman–Crippen MR) is 70.0 cm³/mol. The van der Waals surface area contributed by atoms with Crippen molar-refractivity contribution in [2.75, 3.05) is 25.0 Å². The van der Waals surface area contributed by atoms with E-state index < -0.39 is 5.97 Å². The Balaban J connectivity index is 1.84. The van der Waals surface area contributed by atoms with Crippen LogP contribution in [-0.4, -0.2) is 46.6 Å². The molecule has 1 aromatic rings. The van der Waals surface area contributed by atoms with Gasteiger partial charge in [0.05, 0.1) is 5.56 Å². The van der Waals surface area contributed by atoms with Gasteiger partial charge < -0.3 is 10.4 Å². The van der Waals surface area contributed by atoms with Gasteiger partial charge in [-0.05, 0) is 45.0 Å². The van der Waals surface area contributed by atoms with Gasteiger partial charge in [-0.2, -0.15) is 0 Å². The first-order valence-electron chi connectivity index (χ1n) is 6.34. The summed E-state index contributed by atoms with van der Waals surface area (Å²) in [6.07, 6.45) is 3.96. The van der Waals surface area contributed by atoms with Gasteiger partial charge in [-0.25, -0.2) is 9.78 Å². The van der Waals surface area contributed by atoms with Crippen molar-refractivity contribution in [3.63, 3.8) is 0 Å². The Morgan fingerprint density at radius 2 is 2.22 bits per heavy atom. The first kappa shape index (κ1) is 12.8. The molecule has 18 heavy (non-hydrogen) atoms. The average Bonchev–Trinajstić information content (AvgIpc) is 2.90. The lowest BCUT2D eigenvalue weighted by atomic mass is 10.2. The summed E-state index contributed by atoms with van der Waals surface area (Å²) in [6.45, 7) is 5.38. The molecule has 5 heteroatoms. The van der Waals surface area contributed by atoms with Gasteiger partial charge in [0.1, 0.15) is 5.82 Å². The number of pyridine rings is 1. The van der Waals surface area contributed by atoms with Crippen molar-refractivity contribution in [3.8, 4) is 0 Å². The van der Waals surface area contributed by atoms with Crippen LogP contribution in [0.25, 0.3) is 0 Å². The molecule has 5 nitrogen and oxygen atoms in total. The van der Waals surface area contributed by atoms with Gasteiger partial charge in [0.25, 0.3) is 0 Å². The number of hydrogen-bond donors (Lipinski definition) is 2. The predicted octanol–water partition coefficient (Wildman–Crippen LogP) is 1.68. The third-order valence-corrected chi connectivity index (χ3v) is 3.35. The zero-order valence-corrected chi connectivity index (χ0v) is 10.6. The maximum absolute atomic E-state index is 10.7. The molecule has 0 saturated carbocycles. The molecule has 0 bridgehead atoms. The largest absolute Gasteiger partial charge is 0.478 e. The highest BCUT2D eigenvalue weighted by Crippen LogP contribution is 2.12. The topological polar surface area (TPSA) is 65.5 Å². The highest BCUT2D eigenvalue weighted by Gasteiger charge is 2.17. The molecule has 2 N–H and O–H groups in total. The number of hydrogen-bond acceptors (Lipinski definition) is 4. The van der Waals surface area contributed by atoms with Gasteiger partial charge in [0, 0.05) is 18.8 Å². The smallest absolute Gasteiger partial charge is 0.337 e. The maximum Gasteiger partial charge on any atom is 0.337 e. The highest BCUT2D eigenvalue weighted by molar-refractivity contribution is 5.87. The van der Waals surface area contributed by atoms with Gasteiger partial charge >= 0.3 is 5.97 Å². The Hall–Kier alpha value is -1.62. The van der Waals surface area contributed by atoms with E-state index in [4.69, 9.17) is 5.11 Å². The number of nitrogens with zero attached hydrogens (tertiary/aromatic N) is 2. The van der Waals surface area contributed by atoms with E-state index in [2.05, 4.69) is 22.1 Å². The Morgan fingerprint density at radius 3 is 2.78 bits per heavy atom. The van der Waals surface area contributed by atoms with Crippen LogP contribution in [0.3, 0.4) is 0 Å². The summed E-state index contributed by atoms with van der Waals surface area (Å²) in [5, 5.41) is 12.0. The number of carboxylic acids is 1. The number of carbonyl (C=O) groups is 1. The van der Waals surface area contributed by atoms with E-state index in [9.17, 15) is 4.79 Å². The van der Waals surface area contributed by atoms with Crippen LogP contribution in [0.1, 0.15) is 30.1 Å². The third-order valence-electron chi connectivity index (χ3n) is 3.35. The monoisotopic (exact) mass is 249 g/mol. The molecule has 1 aliphatic rings. The highest BCUT2D eigenvalue weighted by atomic mass is 16.4. The van der Waals surface area contributed by atoms with E-state index in [-0.39, 0.29) is 5.56 Å². The lowest BCUT2D eigenvalue weighted by Gasteiger charge is -2.24. The number of likely N-dealkylation sites (tertiary alicyclic amines) is 1. The molecule has 0 radical (unpaired) electrons. The summed E-state index contributed by atoms with van der Waals surface area (Å²) in [5.74, 6) is -0.217. The fourth-order valence-corrected chi connectivity index (χ4v) is 2.19. The first-order chi connectivity index (χ1) is 8.66. The van der Waals surface area contributed by atoms with Crippen molar-refractivity contribution in [1.29, 1.82) is 0 Å². The molecule has 1 atom stereocenters. The fraction of sp³-hybridized carbons (Fsp3) is 0.538. The second kappa shape index (κ2) is 5.82. The van der Waals surface area contributed by atoms with Crippen LogP contribution in [0.15, 0.2) is 18.3 Å². The fourth-order valence-electron chi connectivity index (χ4n) is 2.19. The quantitative estimate of drug-likeness (QED) is 0.831. The molecule has 0 spiro atoms. The van der Waals surface area contributed by atoms with Crippen molar-refractivity contribution in [2.45, 2.75) is 25.8 Å².